The van der Waals surface area contributed by atoms with Gasteiger partial charge in [0, 0.05) is 16.1 Å². The Morgan fingerprint density at radius 2 is 2.09 bits per heavy atom. The van der Waals surface area contributed by atoms with E-state index in [0.717, 1.165) is 41.5 Å². The molecule has 1 aromatic rings. The number of methoxy groups -OCH3 is 1. The molecule has 122 valence electrons. The van der Waals surface area contributed by atoms with Crippen molar-refractivity contribution in [2.45, 2.75) is 38.1 Å². The number of hydrogen-bond donors (Lipinski definition) is 1. The van der Waals surface area contributed by atoms with Gasteiger partial charge < -0.3 is 10.1 Å². The zero-order valence-corrected chi connectivity index (χ0v) is 15.4. The van der Waals surface area contributed by atoms with Crippen LogP contribution < -0.4 is 10.1 Å². The van der Waals surface area contributed by atoms with Crippen molar-refractivity contribution >= 4 is 45.2 Å². The van der Waals surface area contributed by atoms with Crippen LogP contribution in [0, 0.1) is 0 Å². The van der Waals surface area contributed by atoms with E-state index in [-0.39, 0.29) is 11.9 Å². The van der Waals surface area contributed by atoms with Gasteiger partial charge in [-0.15, -0.1) is 0 Å². The predicted octanol–water partition coefficient (Wildman–Crippen LogP) is 3.85. The molecule has 0 spiro atoms. The molecule has 2 aliphatic rings. The van der Waals surface area contributed by atoms with Crippen molar-refractivity contribution in [2.24, 2.45) is 0 Å². The number of nitrogens with zero attached hydrogens (tertiary/aromatic N) is 1. The molecule has 6 heteroatoms. The van der Waals surface area contributed by atoms with Gasteiger partial charge in [-0.05, 0) is 49.3 Å². The lowest BCUT2D eigenvalue weighted by molar-refractivity contribution is -0.124. The molecule has 3 rings (SSSR count). The normalized spacial score (nSPS) is 21.0. The van der Waals surface area contributed by atoms with Crippen molar-refractivity contribution in [3.63, 3.8) is 0 Å². The largest absolute Gasteiger partial charge is 0.496 e. The van der Waals surface area contributed by atoms with Crippen LogP contribution in [0.2, 0.25) is 0 Å². The Bertz CT molecular complexity index is 669. The van der Waals surface area contributed by atoms with Crippen LogP contribution in [0.15, 0.2) is 28.4 Å². The van der Waals surface area contributed by atoms with Gasteiger partial charge in [0.25, 0.3) is 5.91 Å². The summed E-state index contributed by atoms with van der Waals surface area (Å²) in [5, 5.41) is 3.58. The molecule has 1 N–H and O–H groups in total. The van der Waals surface area contributed by atoms with Gasteiger partial charge in [0.1, 0.15) is 11.4 Å². The van der Waals surface area contributed by atoms with Gasteiger partial charge in [0.15, 0.2) is 5.11 Å². The summed E-state index contributed by atoms with van der Waals surface area (Å²) < 4.78 is 6.30. The average Bonchev–Trinajstić information content (AvgIpc) is 2.82. The minimum Gasteiger partial charge on any atom is -0.496 e. The molecule has 0 bridgehead atoms. The summed E-state index contributed by atoms with van der Waals surface area (Å²) in [5.41, 5.74) is 1.35. The van der Waals surface area contributed by atoms with E-state index < -0.39 is 0 Å². The number of carbonyl (C=O) groups excluding carboxylic acids is 1. The third-order valence-corrected chi connectivity index (χ3v) is 5.13. The topological polar surface area (TPSA) is 41.6 Å². The SMILES string of the molecule is COc1ccc(Br)cc1/C=C1/NC(=S)N(C2CCCCC2)C1=O. The number of ether oxygens (including phenoxy) is 1. The molecule has 23 heavy (non-hydrogen) atoms. The summed E-state index contributed by atoms with van der Waals surface area (Å²) in [7, 11) is 1.62. The van der Waals surface area contributed by atoms with Gasteiger partial charge in [0.05, 0.1) is 7.11 Å². The molecule has 0 atom stereocenters. The summed E-state index contributed by atoms with van der Waals surface area (Å²) in [6.07, 6.45) is 7.44. The zero-order chi connectivity index (χ0) is 16.4. The van der Waals surface area contributed by atoms with Crippen molar-refractivity contribution in [1.29, 1.82) is 0 Å². The Kier molecular flexibility index (Phi) is 5.02. The lowest BCUT2D eigenvalue weighted by Gasteiger charge is -2.29. The van der Waals surface area contributed by atoms with Crippen molar-refractivity contribution in [3.05, 3.63) is 33.9 Å². The van der Waals surface area contributed by atoms with Crippen LogP contribution in [-0.2, 0) is 4.79 Å². The maximum absolute atomic E-state index is 12.8. The Morgan fingerprint density at radius 1 is 1.35 bits per heavy atom. The van der Waals surface area contributed by atoms with Crippen molar-refractivity contribution in [2.75, 3.05) is 7.11 Å². The van der Waals surface area contributed by atoms with E-state index in [0.29, 0.717) is 10.8 Å². The standard InChI is InChI=1S/C17H19BrN2O2S/c1-22-15-8-7-12(18)9-11(15)10-14-16(21)20(17(23)19-14)13-5-3-2-4-6-13/h7-10,13H,2-6H2,1H3,(H,19,23)/b14-10+. The molecule has 1 amide bonds. The second kappa shape index (κ2) is 7.01. The van der Waals surface area contributed by atoms with Gasteiger partial charge in [-0.1, -0.05) is 35.2 Å². The fourth-order valence-corrected chi connectivity index (χ4v) is 3.91. The average molecular weight is 395 g/mol. The van der Waals surface area contributed by atoms with Crippen LogP contribution in [0.4, 0.5) is 0 Å². The minimum atomic E-state index is -0.0380. The molecular formula is C17H19BrN2O2S. The van der Waals surface area contributed by atoms with Gasteiger partial charge >= 0.3 is 0 Å². The third-order valence-electron chi connectivity index (χ3n) is 4.34. The number of thiocarbonyl (C=S) groups is 1. The lowest BCUT2D eigenvalue weighted by atomic mass is 9.94. The number of nitrogens with one attached hydrogen (secondary N) is 1. The minimum absolute atomic E-state index is 0.0380. The first kappa shape index (κ1) is 16.5. The highest BCUT2D eigenvalue weighted by Gasteiger charge is 2.36. The van der Waals surface area contributed by atoms with Crippen LogP contribution in [-0.4, -0.2) is 29.1 Å². The smallest absolute Gasteiger partial charge is 0.276 e. The first-order chi connectivity index (χ1) is 11.1. The van der Waals surface area contributed by atoms with E-state index in [4.69, 9.17) is 17.0 Å². The summed E-state index contributed by atoms with van der Waals surface area (Å²) in [6.45, 7) is 0. The van der Waals surface area contributed by atoms with E-state index >= 15 is 0 Å². The quantitative estimate of drug-likeness (QED) is 0.624. The molecule has 4 nitrogen and oxygen atoms in total. The Balaban J connectivity index is 1.88. The van der Waals surface area contributed by atoms with Gasteiger partial charge in [-0.3, -0.25) is 9.69 Å². The fraction of sp³-hybridized carbons (Fsp3) is 0.412. The molecule has 1 heterocycles. The van der Waals surface area contributed by atoms with Crippen LogP contribution >= 0.6 is 28.1 Å². The summed E-state index contributed by atoms with van der Waals surface area (Å²) in [6, 6.07) is 5.93. The number of amides is 1. The monoisotopic (exact) mass is 394 g/mol. The molecule has 1 saturated carbocycles. The fourth-order valence-electron chi connectivity index (χ4n) is 3.19. The highest BCUT2D eigenvalue weighted by atomic mass is 79.9. The first-order valence-electron chi connectivity index (χ1n) is 7.80. The van der Waals surface area contributed by atoms with Crippen LogP contribution in [0.5, 0.6) is 5.75 Å². The van der Waals surface area contributed by atoms with E-state index in [1.165, 1.54) is 6.42 Å². The Labute approximate surface area is 150 Å². The second-order valence-corrected chi connectivity index (χ2v) is 7.14. The maximum atomic E-state index is 12.8. The van der Waals surface area contributed by atoms with E-state index in [1.54, 1.807) is 18.1 Å². The molecular weight excluding hydrogens is 376 g/mol. The van der Waals surface area contributed by atoms with Crippen LogP contribution in [0.1, 0.15) is 37.7 Å². The molecule has 2 fully saturated rings. The highest BCUT2D eigenvalue weighted by molar-refractivity contribution is 9.10. The molecule has 0 unspecified atom stereocenters. The Hall–Kier alpha value is -1.40. The van der Waals surface area contributed by atoms with Crippen LogP contribution in [0.3, 0.4) is 0 Å². The lowest BCUT2D eigenvalue weighted by Crippen LogP contribution is -2.41. The second-order valence-electron chi connectivity index (χ2n) is 5.84. The third kappa shape index (κ3) is 3.43. The van der Waals surface area contributed by atoms with E-state index in [9.17, 15) is 4.79 Å². The summed E-state index contributed by atoms with van der Waals surface area (Å²) in [4.78, 5) is 14.5. The Morgan fingerprint density at radius 3 is 2.78 bits per heavy atom. The van der Waals surface area contributed by atoms with Gasteiger partial charge in [-0.25, -0.2) is 0 Å². The molecule has 1 aromatic carbocycles. The van der Waals surface area contributed by atoms with E-state index in [1.807, 2.05) is 18.2 Å². The molecule has 1 aliphatic carbocycles. The molecule has 1 aliphatic heterocycles. The van der Waals surface area contributed by atoms with Crippen molar-refractivity contribution < 1.29 is 9.53 Å². The number of benzene rings is 1. The highest BCUT2D eigenvalue weighted by Crippen LogP contribution is 2.29. The zero-order valence-electron chi connectivity index (χ0n) is 13.0. The number of hydrogen-bond acceptors (Lipinski definition) is 3. The molecule has 0 radical (unpaired) electrons. The van der Waals surface area contributed by atoms with Crippen LogP contribution in [0.25, 0.3) is 6.08 Å². The predicted molar refractivity (Wildman–Crippen MR) is 98.1 cm³/mol. The van der Waals surface area contributed by atoms with E-state index in [2.05, 4.69) is 21.2 Å². The van der Waals surface area contributed by atoms with Gasteiger partial charge in [0.2, 0.25) is 0 Å². The number of halogens is 1. The molecule has 0 aromatic heterocycles. The molecule has 1 saturated heterocycles. The number of carbonyl (C=O) groups is 1. The van der Waals surface area contributed by atoms with Crippen molar-refractivity contribution in [1.82, 2.24) is 10.2 Å². The van der Waals surface area contributed by atoms with Crippen molar-refractivity contribution in [3.8, 4) is 5.75 Å². The summed E-state index contributed by atoms with van der Waals surface area (Å²) in [5.74, 6) is 0.682. The maximum Gasteiger partial charge on any atom is 0.276 e. The summed E-state index contributed by atoms with van der Waals surface area (Å²) >= 11 is 8.84. The first-order valence-corrected chi connectivity index (χ1v) is 9.00. The van der Waals surface area contributed by atoms with Gasteiger partial charge in [-0.2, -0.15) is 0 Å². The number of rotatable bonds is 3.